The minimum absolute atomic E-state index is 0.156. The van der Waals surface area contributed by atoms with Crippen LogP contribution >= 0.6 is 31.3 Å². The van der Waals surface area contributed by atoms with Gasteiger partial charge in [0.25, 0.3) is 5.56 Å². The molecule has 2 saturated heterocycles. The summed E-state index contributed by atoms with van der Waals surface area (Å²) in [4.78, 5) is 66.3. The number of aliphatic hydroxyl groups excluding tert-OH is 4. The summed E-state index contributed by atoms with van der Waals surface area (Å²) < 4.78 is 90.1. The number of nitrogens with one attached hydrogen (secondary N) is 2. The molecule has 0 saturated carbocycles. The first-order valence-electron chi connectivity index (χ1n) is 13.5. The molecule has 0 radical (unpaired) electrons. The lowest BCUT2D eigenvalue weighted by Crippen LogP contribution is -2.35. The normalized spacial score (nSPS) is 31.6. The van der Waals surface area contributed by atoms with Crippen LogP contribution in [0.15, 0.2) is 40.1 Å². The molecule has 1 aromatic carbocycles. The molecule has 0 spiro atoms. The van der Waals surface area contributed by atoms with Gasteiger partial charge in [-0.05, 0) is 24.3 Å². The van der Waals surface area contributed by atoms with Gasteiger partial charge in [0.15, 0.2) is 0 Å². The van der Waals surface area contributed by atoms with Crippen LogP contribution in [-0.2, 0) is 49.7 Å². The Morgan fingerprint density at radius 2 is 1.18 bits per heavy atom. The van der Waals surface area contributed by atoms with Crippen LogP contribution in [0, 0.1) is 0 Å². The average molecular weight is 802 g/mol. The number of benzene rings is 1. The molecule has 0 bridgehead atoms. The summed E-state index contributed by atoms with van der Waals surface area (Å²) in [6.45, 7) is -2.30. The lowest BCUT2D eigenvalue weighted by atomic mass is 10.0. The molecule has 2 aliphatic heterocycles. The van der Waals surface area contributed by atoms with Crippen LogP contribution < -0.4 is 20.7 Å². The van der Waals surface area contributed by atoms with E-state index < -0.39 is 105 Å². The number of phosphoric acid groups is 4. The van der Waals surface area contributed by atoms with Crippen LogP contribution in [0.25, 0.3) is 0 Å². The van der Waals surface area contributed by atoms with Crippen LogP contribution in [0.4, 0.5) is 0 Å². The SMILES string of the molecule is COc1ccc(O[C@@H]2O[C@H](COP(=O)(O)OP(=O)(O)OP(=O)(O)OP(=O)(O)OC[C@H]3O[C@@H](c4c[nH]c(=O)[nH]c4=O)[C@H](O)[C@@H]3O)[C@@H](O)[C@H]2O)cc1. The van der Waals surface area contributed by atoms with Gasteiger partial charge in [-0.3, -0.25) is 18.8 Å². The molecule has 2 fully saturated rings. The van der Waals surface area contributed by atoms with Crippen molar-refractivity contribution in [1.82, 2.24) is 9.97 Å². The molecule has 4 unspecified atom stereocenters. The van der Waals surface area contributed by atoms with E-state index >= 15 is 0 Å². The Balaban J connectivity index is 1.27. The van der Waals surface area contributed by atoms with Gasteiger partial charge in [-0.25, -0.2) is 23.1 Å². The number of hydrogen-bond donors (Lipinski definition) is 10. The highest BCUT2D eigenvalue weighted by Gasteiger charge is 2.50. The van der Waals surface area contributed by atoms with E-state index in [2.05, 4.69) is 27.0 Å². The van der Waals surface area contributed by atoms with Crippen molar-refractivity contribution in [1.29, 1.82) is 0 Å². The molecule has 25 nitrogen and oxygen atoms in total. The van der Waals surface area contributed by atoms with Crippen molar-refractivity contribution in [3.63, 3.8) is 0 Å². The molecule has 29 heteroatoms. The zero-order valence-corrected chi connectivity index (χ0v) is 28.5. The third kappa shape index (κ3) is 10.7. The smallest absolute Gasteiger partial charge is 0.490 e. The standard InChI is InChI=1S/C21H30N2O23P4/c1-38-9-2-4-10(5-3-9)41-20-17(27)15(25)13(43-20)8-40-48(32,33)45-50(36,37)46-49(34,35)44-47(30,31)39-7-12-14(24)16(26)18(42-12)11-6-22-21(29)23-19(11)28/h2-6,12-18,20,24-27H,7-8H2,1H3,(H,30,31)(H,32,33)(H,34,35)(H,36,37)(H2,22,23,28,29)/t12-,13-,14-,15-,16-,17-,18+,20-/m1/s1. The van der Waals surface area contributed by atoms with Crippen LogP contribution in [-0.4, -0.2) is 113 Å². The predicted octanol–water partition coefficient (Wildman–Crippen LogP) is -1.76. The van der Waals surface area contributed by atoms with E-state index in [4.69, 9.17) is 18.9 Å². The van der Waals surface area contributed by atoms with Crippen LogP contribution in [0.5, 0.6) is 11.5 Å². The monoisotopic (exact) mass is 802 g/mol. The Labute approximate surface area is 278 Å². The molecule has 2 aromatic rings. The van der Waals surface area contributed by atoms with Crippen LogP contribution in [0.3, 0.4) is 0 Å². The van der Waals surface area contributed by atoms with Crippen molar-refractivity contribution in [2.45, 2.75) is 49.0 Å². The third-order valence-corrected chi connectivity index (χ3v) is 12.5. The van der Waals surface area contributed by atoms with Crippen LogP contribution in [0.2, 0.25) is 0 Å². The number of aromatic nitrogens is 2. The van der Waals surface area contributed by atoms with E-state index in [1.165, 1.54) is 31.4 Å². The highest BCUT2D eigenvalue weighted by atomic mass is 31.3. The fourth-order valence-electron chi connectivity index (χ4n) is 4.32. The number of H-pyrrole nitrogens is 2. The molecule has 4 rings (SSSR count). The van der Waals surface area contributed by atoms with Crippen LogP contribution in [0.1, 0.15) is 11.7 Å². The number of aromatic amines is 2. The van der Waals surface area contributed by atoms with Crippen molar-refractivity contribution in [2.75, 3.05) is 20.3 Å². The molecule has 2 aliphatic rings. The maximum Gasteiger partial charge on any atom is 0.490 e. The number of hydrogen-bond acceptors (Lipinski definition) is 19. The number of methoxy groups -OCH3 is 1. The summed E-state index contributed by atoms with van der Waals surface area (Å²) in [6, 6.07) is 5.88. The number of aliphatic hydroxyl groups is 4. The summed E-state index contributed by atoms with van der Waals surface area (Å²) in [6.07, 6.45) is -12.8. The second-order valence-electron chi connectivity index (χ2n) is 10.1. The zero-order valence-electron chi connectivity index (χ0n) is 24.9. The molecule has 10 N–H and O–H groups in total. The maximum atomic E-state index is 12.3. The Hall–Kier alpha value is -2.18. The third-order valence-electron chi connectivity index (χ3n) is 6.57. The molecular weight excluding hydrogens is 772 g/mol. The molecule has 282 valence electrons. The average Bonchev–Trinajstić information content (AvgIpc) is 3.42. The van der Waals surface area contributed by atoms with Crippen molar-refractivity contribution in [3.05, 3.63) is 56.9 Å². The molecular formula is C21H30N2O23P4. The van der Waals surface area contributed by atoms with E-state index in [1.54, 1.807) is 0 Å². The largest absolute Gasteiger partial charge is 0.497 e. The first-order chi connectivity index (χ1) is 23.1. The summed E-state index contributed by atoms with van der Waals surface area (Å²) in [5, 5.41) is 40.8. The summed E-state index contributed by atoms with van der Waals surface area (Å²) in [7, 11) is -22.5. The maximum absolute atomic E-state index is 12.3. The summed E-state index contributed by atoms with van der Waals surface area (Å²) >= 11 is 0. The number of rotatable bonds is 16. The minimum Gasteiger partial charge on any atom is -0.497 e. The van der Waals surface area contributed by atoms with Gasteiger partial charge in [0.2, 0.25) is 6.29 Å². The molecule has 0 aliphatic carbocycles. The Kier molecular flexibility index (Phi) is 12.8. The quantitative estimate of drug-likeness (QED) is 0.0841. The van der Waals surface area contributed by atoms with Gasteiger partial charge in [0, 0.05) is 6.20 Å². The van der Waals surface area contributed by atoms with Gasteiger partial charge in [0.05, 0.1) is 25.9 Å². The lowest BCUT2D eigenvalue weighted by molar-refractivity contribution is -0.115. The highest BCUT2D eigenvalue weighted by molar-refractivity contribution is 7.69. The number of ether oxygens (including phenoxy) is 4. The highest BCUT2D eigenvalue weighted by Crippen LogP contribution is 2.71. The van der Waals surface area contributed by atoms with Gasteiger partial charge >= 0.3 is 37.0 Å². The van der Waals surface area contributed by atoms with E-state index in [0.29, 0.717) is 5.75 Å². The van der Waals surface area contributed by atoms with Crippen molar-refractivity contribution >= 4 is 31.3 Å². The Bertz CT molecular complexity index is 1800. The van der Waals surface area contributed by atoms with E-state index in [9.17, 15) is 67.8 Å². The van der Waals surface area contributed by atoms with E-state index in [-0.39, 0.29) is 11.3 Å². The van der Waals surface area contributed by atoms with Crippen molar-refractivity contribution < 1.29 is 99.2 Å². The fraction of sp³-hybridized carbons (Fsp3) is 0.524. The predicted molar refractivity (Wildman–Crippen MR) is 156 cm³/mol. The second kappa shape index (κ2) is 15.8. The minimum atomic E-state index is -6.20. The lowest BCUT2D eigenvalue weighted by Gasteiger charge is -2.21. The zero-order chi connectivity index (χ0) is 37.2. The van der Waals surface area contributed by atoms with Crippen molar-refractivity contribution in [2.24, 2.45) is 0 Å². The van der Waals surface area contributed by atoms with Gasteiger partial charge in [-0.15, -0.1) is 0 Å². The second-order valence-corrected chi connectivity index (χ2v) is 16.4. The number of phosphoric ester groups is 2. The fourth-order valence-corrected chi connectivity index (χ4v) is 9.27. The Morgan fingerprint density at radius 1 is 0.700 bits per heavy atom. The van der Waals surface area contributed by atoms with Crippen molar-refractivity contribution in [3.8, 4) is 11.5 Å². The molecule has 50 heavy (non-hydrogen) atoms. The first-order valence-corrected chi connectivity index (χ1v) is 19.5. The molecule has 12 atom stereocenters. The van der Waals surface area contributed by atoms with Gasteiger partial charge in [0.1, 0.15) is 54.2 Å². The van der Waals surface area contributed by atoms with E-state index in [0.717, 1.165) is 6.20 Å². The van der Waals surface area contributed by atoms with Gasteiger partial charge in [-0.1, -0.05) is 0 Å². The molecule has 3 heterocycles. The summed E-state index contributed by atoms with van der Waals surface area (Å²) in [5.41, 5.74) is -2.29. The summed E-state index contributed by atoms with van der Waals surface area (Å²) in [5.74, 6) is 0.628. The van der Waals surface area contributed by atoms with E-state index in [1.807, 2.05) is 4.98 Å². The Morgan fingerprint density at radius 3 is 1.70 bits per heavy atom. The topological polar surface area (TPSA) is 379 Å². The van der Waals surface area contributed by atoms with Gasteiger partial charge < -0.3 is 63.9 Å². The molecule has 1 aromatic heterocycles. The molecule has 0 amide bonds. The van der Waals surface area contributed by atoms with Gasteiger partial charge in [-0.2, -0.15) is 12.9 Å². The first kappa shape index (κ1) is 40.6.